The van der Waals surface area contributed by atoms with Crippen LogP contribution in [0.1, 0.15) is 6.92 Å². The maximum atomic E-state index is 12.5. The number of nitrogens with two attached hydrogens (primary N) is 1. The SMILES string of the molecule is CC(=O)N(C(=O)C(=O)N1CCN(CCO)CC1)c1ccc(N)cc1. The lowest BCUT2D eigenvalue weighted by atomic mass is 10.2. The predicted octanol–water partition coefficient (Wildman–Crippen LogP) is -0.715. The predicted molar refractivity (Wildman–Crippen MR) is 89.1 cm³/mol. The van der Waals surface area contributed by atoms with Crippen molar-refractivity contribution in [3.05, 3.63) is 24.3 Å². The highest BCUT2D eigenvalue weighted by molar-refractivity contribution is 6.45. The minimum absolute atomic E-state index is 0.0577. The Labute approximate surface area is 140 Å². The molecule has 1 aromatic carbocycles. The van der Waals surface area contributed by atoms with Crippen molar-refractivity contribution in [2.45, 2.75) is 6.92 Å². The van der Waals surface area contributed by atoms with Crippen molar-refractivity contribution in [2.75, 3.05) is 50.0 Å². The fourth-order valence-corrected chi connectivity index (χ4v) is 2.61. The molecule has 0 atom stereocenters. The molecular weight excluding hydrogens is 312 g/mol. The number of nitrogen functional groups attached to an aromatic ring is 1. The summed E-state index contributed by atoms with van der Waals surface area (Å²) in [6.07, 6.45) is 0. The van der Waals surface area contributed by atoms with Gasteiger partial charge in [0.25, 0.3) is 0 Å². The summed E-state index contributed by atoms with van der Waals surface area (Å²) in [6, 6.07) is 6.19. The van der Waals surface area contributed by atoms with Gasteiger partial charge in [-0.1, -0.05) is 0 Å². The summed E-state index contributed by atoms with van der Waals surface area (Å²) < 4.78 is 0. The van der Waals surface area contributed by atoms with E-state index in [4.69, 9.17) is 10.8 Å². The topological polar surface area (TPSA) is 107 Å². The third kappa shape index (κ3) is 4.09. The van der Waals surface area contributed by atoms with Gasteiger partial charge >= 0.3 is 11.8 Å². The monoisotopic (exact) mass is 334 g/mol. The Bertz CT molecular complexity index is 609. The smallest absolute Gasteiger partial charge is 0.323 e. The highest BCUT2D eigenvalue weighted by atomic mass is 16.3. The van der Waals surface area contributed by atoms with E-state index in [9.17, 15) is 14.4 Å². The van der Waals surface area contributed by atoms with Gasteiger partial charge < -0.3 is 15.7 Å². The van der Waals surface area contributed by atoms with Crippen LogP contribution in [0.5, 0.6) is 0 Å². The summed E-state index contributed by atoms with van der Waals surface area (Å²) in [5.74, 6) is -2.11. The average molecular weight is 334 g/mol. The van der Waals surface area contributed by atoms with E-state index in [0.29, 0.717) is 44.1 Å². The number of β-amino-alcohol motifs (C(OH)–C–C–N with tert-alkyl or cyclic N) is 1. The first-order valence-electron chi connectivity index (χ1n) is 7.76. The number of imide groups is 1. The number of nitrogens with zero attached hydrogens (tertiary/aromatic N) is 3. The maximum Gasteiger partial charge on any atom is 0.323 e. The molecule has 8 nitrogen and oxygen atoms in total. The normalized spacial score (nSPS) is 15.2. The van der Waals surface area contributed by atoms with E-state index in [0.717, 1.165) is 4.90 Å². The molecule has 24 heavy (non-hydrogen) atoms. The van der Waals surface area contributed by atoms with E-state index in [2.05, 4.69) is 0 Å². The Hall–Kier alpha value is -2.45. The lowest BCUT2D eigenvalue weighted by Gasteiger charge is -2.34. The van der Waals surface area contributed by atoms with Crippen LogP contribution in [-0.4, -0.2) is 72.0 Å². The average Bonchev–Trinajstić information content (AvgIpc) is 2.57. The molecule has 2 rings (SSSR count). The van der Waals surface area contributed by atoms with Gasteiger partial charge in [0.05, 0.1) is 12.3 Å². The van der Waals surface area contributed by atoms with Crippen LogP contribution in [-0.2, 0) is 14.4 Å². The number of aliphatic hydroxyl groups excluding tert-OH is 1. The molecule has 0 radical (unpaired) electrons. The second kappa shape index (κ2) is 7.89. The van der Waals surface area contributed by atoms with Gasteiger partial charge in [-0.15, -0.1) is 0 Å². The Kier molecular flexibility index (Phi) is 5.88. The molecule has 1 heterocycles. The van der Waals surface area contributed by atoms with Gasteiger partial charge in [-0.3, -0.25) is 19.3 Å². The molecule has 0 saturated carbocycles. The largest absolute Gasteiger partial charge is 0.399 e. The molecule has 1 aliphatic rings. The molecule has 0 aromatic heterocycles. The summed E-state index contributed by atoms with van der Waals surface area (Å²) in [5, 5.41) is 8.93. The first-order valence-corrected chi connectivity index (χ1v) is 7.76. The molecule has 1 fully saturated rings. The fourth-order valence-electron chi connectivity index (χ4n) is 2.61. The van der Waals surface area contributed by atoms with Crippen LogP contribution in [0.25, 0.3) is 0 Å². The van der Waals surface area contributed by atoms with Crippen LogP contribution in [0.4, 0.5) is 11.4 Å². The molecule has 0 spiro atoms. The van der Waals surface area contributed by atoms with Crippen molar-refractivity contribution < 1.29 is 19.5 Å². The zero-order chi connectivity index (χ0) is 17.7. The highest BCUT2D eigenvalue weighted by Crippen LogP contribution is 2.18. The Morgan fingerprint density at radius 3 is 2.21 bits per heavy atom. The number of hydrogen-bond donors (Lipinski definition) is 2. The summed E-state index contributed by atoms with van der Waals surface area (Å²) in [7, 11) is 0. The van der Waals surface area contributed by atoms with Crippen molar-refractivity contribution in [3.63, 3.8) is 0 Å². The molecule has 0 bridgehead atoms. The lowest BCUT2D eigenvalue weighted by Crippen LogP contribution is -2.54. The van der Waals surface area contributed by atoms with Crippen molar-refractivity contribution >= 4 is 29.1 Å². The van der Waals surface area contributed by atoms with Crippen molar-refractivity contribution in [1.29, 1.82) is 0 Å². The Morgan fingerprint density at radius 2 is 1.71 bits per heavy atom. The molecule has 1 aliphatic heterocycles. The van der Waals surface area contributed by atoms with Crippen LogP contribution in [0.15, 0.2) is 24.3 Å². The minimum atomic E-state index is -0.872. The molecule has 130 valence electrons. The van der Waals surface area contributed by atoms with Gasteiger partial charge in [0.1, 0.15) is 0 Å². The van der Waals surface area contributed by atoms with E-state index < -0.39 is 17.7 Å². The van der Waals surface area contributed by atoms with Crippen LogP contribution in [0.2, 0.25) is 0 Å². The maximum absolute atomic E-state index is 12.5. The van der Waals surface area contributed by atoms with E-state index in [1.807, 2.05) is 4.90 Å². The highest BCUT2D eigenvalue weighted by Gasteiger charge is 2.32. The van der Waals surface area contributed by atoms with Gasteiger partial charge in [0.2, 0.25) is 5.91 Å². The first kappa shape index (κ1) is 17.9. The summed E-state index contributed by atoms with van der Waals surface area (Å²) in [4.78, 5) is 41.1. The number of anilines is 2. The number of benzene rings is 1. The third-order valence-electron chi connectivity index (χ3n) is 3.93. The standard InChI is InChI=1S/C16H22N4O4/c1-12(22)20(14-4-2-13(17)3-5-14)16(24)15(23)19-8-6-18(7-9-19)10-11-21/h2-5,21H,6-11,17H2,1H3. The van der Waals surface area contributed by atoms with Gasteiger partial charge in [-0.05, 0) is 24.3 Å². The summed E-state index contributed by atoms with van der Waals surface area (Å²) in [5.41, 5.74) is 6.42. The van der Waals surface area contributed by atoms with Crippen molar-refractivity contribution in [2.24, 2.45) is 0 Å². The number of hydrogen-bond acceptors (Lipinski definition) is 6. The van der Waals surface area contributed by atoms with E-state index in [1.165, 1.54) is 24.0 Å². The molecule has 0 unspecified atom stereocenters. The van der Waals surface area contributed by atoms with Crippen molar-refractivity contribution in [1.82, 2.24) is 9.80 Å². The van der Waals surface area contributed by atoms with E-state index in [1.54, 1.807) is 12.1 Å². The molecule has 0 aliphatic carbocycles. The number of amides is 3. The molecule has 1 saturated heterocycles. The number of carbonyl (C=O) groups excluding carboxylic acids is 3. The molecule has 3 amide bonds. The summed E-state index contributed by atoms with van der Waals surface area (Å²) >= 11 is 0. The molecule has 8 heteroatoms. The van der Waals surface area contributed by atoms with E-state index in [-0.39, 0.29) is 6.61 Å². The Balaban J connectivity index is 2.08. The lowest BCUT2D eigenvalue weighted by molar-refractivity contribution is -0.146. The van der Waals surface area contributed by atoms with Crippen molar-refractivity contribution in [3.8, 4) is 0 Å². The van der Waals surface area contributed by atoms with Gasteiger partial charge in [0.15, 0.2) is 0 Å². The zero-order valence-electron chi connectivity index (χ0n) is 13.6. The van der Waals surface area contributed by atoms with Crippen LogP contribution < -0.4 is 10.6 Å². The fraction of sp³-hybridized carbons (Fsp3) is 0.438. The van der Waals surface area contributed by atoms with Gasteiger partial charge in [-0.2, -0.15) is 0 Å². The van der Waals surface area contributed by atoms with Crippen LogP contribution in [0, 0.1) is 0 Å². The molecule has 3 N–H and O–H groups in total. The van der Waals surface area contributed by atoms with Crippen LogP contribution >= 0.6 is 0 Å². The summed E-state index contributed by atoms with van der Waals surface area (Å²) in [6.45, 7) is 3.78. The second-order valence-corrected chi connectivity index (χ2v) is 5.61. The molecular formula is C16H22N4O4. The second-order valence-electron chi connectivity index (χ2n) is 5.61. The number of piperazine rings is 1. The third-order valence-corrected chi connectivity index (χ3v) is 3.93. The molecule has 1 aromatic rings. The number of carbonyl (C=O) groups is 3. The minimum Gasteiger partial charge on any atom is -0.399 e. The van der Waals surface area contributed by atoms with Crippen LogP contribution in [0.3, 0.4) is 0 Å². The first-order chi connectivity index (χ1) is 11.4. The van der Waals surface area contributed by atoms with Gasteiger partial charge in [-0.25, -0.2) is 4.90 Å². The van der Waals surface area contributed by atoms with E-state index >= 15 is 0 Å². The Morgan fingerprint density at radius 1 is 1.12 bits per heavy atom. The zero-order valence-corrected chi connectivity index (χ0v) is 13.6. The van der Waals surface area contributed by atoms with Gasteiger partial charge in [0, 0.05) is 45.3 Å². The number of aliphatic hydroxyl groups is 1. The quantitative estimate of drug-likeness (QED) is 0.558. The number of rotatable bonds is 3.